The zero-order valence-corrected chi connectivity index (χ0v) is 12.5. The maximum Gasteiger partial charge on any atom is 0.239 e. The highest BCUT2D eigenvalue weighted by molar-refractivity contribution is 7.85. The molecule has 1 rings (SSSR count). The second-order valence-corrected chi connectivity index (χ2v) is 6.07. The van der Waals surface area contributed by atoms with Crippen LogP contribution in [0.1, 0.15) is 45.3 Å². The topological polar surface area (TPSA) is 85.1 Å². The highest BCUT2D eigenvalue weighted by atomic mass is 32.2. The maximum absolute atomic E-state index is 12.0. The van der Waals surface area contributed by atoms with E-state index in [0.717, 1.165) is 19.3 Å². The van der Waals surface area contributed by atoms with Crippen LogP contribution in [0.3, 0.4) is 0 Å². The highest BCUT2D eigenvalue weighted by Gasteiger charge is 2.21. The zero-order chi connectivity index (χ0) is 14.3. The van der Waals surface area contributed by atoms with Gasteiger partial charge in [-0.1, -0.05) is 19.0 Å². The van der Waals surface area contributed by atoms with Gasteiger partial charge >= 0.3 is 0 Å². The first-order chi connectivity index (χ1) is 9.08. The molecule has 1 aromatic heterocycles. The van der Waals surface area contributed by atoms with E-state index in [9.17, 15) is 9.00 Å². The summed E-state index contributed by atoms with van der Waals surface area (Å²) < 4.78 is 17.0. The SMILES string of the molecule is CCCNC(=O)[C@H](C)[S@](=O)Cc1nc(CCC)no1. The standard InChI is InChI=1S/C12H21N3O3S/c1-4-6-10-14-11(18-15-10)8-19(17)9(3)12(16)13-7-5-2/h9H,4-8H2,1-3H3,(H,13,16)/t9-,19+/m0/s1. The minimum Gasteiger partial charge on any atom is -0.355 e. The second kappa shape index (κ2) is 8.04. The summed E-state index contributed by atoms with van der Waals surface area (Å²) in [6.45, 7) is 6.23. The molecule has 1 N–H and O–H groups in total. The Bertz CT molecular complexity index is 434. The summed E-state index contributed by atoms with van der Waals surface area (Å²) in [6, 6.07) is 0. The van der Waals surface area contributed by atoms with Crippen molar-refractivity contribution in [2.24, 2.45) is 0 Å². The van der Waals surface area contributed by atoms with Gasteiger partial charge in [0.15, 0.2) is 5.82 Å². The minimum absolute atomic E-state index is 0.122. The normalized spacial score (nSPS) is 14.1. The van der Waals surface area contributed by atoms with Crippen molar-refractivity contribution in [1.29, 1.82) is 0 Å². The van der Waals surface area contributed by atoms with Gasteiger partial charge in [-0.2, -0.15) is 4.98 Å². The molecule has 0 radical (unpaired) electrons. The minimum atomic E-state index is -1.35. The molecule has 108 valence electrons. The molecule has 0 aliphatic heterocycles. The number of aryl methyl sites for hydroxylation is 1. The number of amides is 1. The molecule has 19 heavy (non-hydrogen) atoms. The van der Waals surface area contributed by atoms with Crippen LogP contribution in [0.15, 0.2) is 4.52 Å². The predicted octanol–water partition coefficient (Wildman–Crippen LogP) is 1.19. The van der Waals surface area contributed by atoms with Crippen molar-refractivity contribution < 1.29 is 13.5 Å². The van der Waals surface area contributed by atoms with E-state index in [1.165, 1.54) is 0 Å². The van der Waals surface area contributed by atoms with E-state index in [1.807, 2.05) is 13.8 Å². The van der Waals surface area contributed by atoms with Crippen molar-refractivity contribution in [2.45, 2.75) is 51.0 Å². The van der Waals surface area contributed by atoms with Crippen molar-refractivity contribution in [2.75, 3.05) is 6.54 Å². The van der Waals surface area contributed by atoms with E-state index in [1.54, 1.807) is 6.92 Å². The van der Waals surface area contributed by atoms with Crippen LogP contribution in [0.2, 0.25) is 0 Å². The summed E-state index contributed by atoms with van der Waals surface area (Å²) in [5, 5.41) is 5.94. The van der Waals surface area contributed by atoms with Crippen LogP contribution in [0.5, 0.6) is 0 Å². The van der Waals surface area contributed by atoms with Crippen molar-refractivity contribution in [3.05, 3.63) is 11.7 Å². The molecule has 0 spiro atoms. The third kappa shape index (κ3) is 5.10. The van der Waals surface area contributed by atoms with Gasteiger partial charge in [0.1, 0.15) is 11.0 Å². The van der Waals surface area contributed by atoms with E-state index in [-0.39, 0.29) is 11.7 Å². The number of hydrogen-bond donors (Lipinski definition) is 1. The molecular formula is C12H21N3O3S. The smallest absolute Gasteiger partial charge is 0.239 e. The van der Waals surface area contributed by atoms with Crippen LogP contribution >= 0.6 is 0 Å². The van der Waals surface area contributed by atoms with Crippen LogP contribution < -0.4 is 5.32 Å². The van der Waals surface area contributed by atoms with Gasteiger partial charge in [-0.25, -0.2) is 0 Å². The molecule has 1 aromatic rings. The predicted molar refractivity (Wildman–Crippen MR) is 72.9 cm³/mol. The first-order valence-corrected chi connectivity index (χ1v) is 7.93. The molecule has 0 saturated heterocycles. The number of hydrogen-bond acceptors (Lipinski definition) is 5. The van der Waals surface area contributed by atoms with Crippen molar-refractivity contribution in [1.82, 2.24) is 15.5 Å². The van der Waals surface area contributed by atoms with Gasteiger partial charge < -0.3 is 9.84 Å². The lowest BCUT2D eigenvalue weighted by Gasteiger charge is -2.10. The molecule has 0 aromatic carbocycles. The van der Waals surface area contributed by atoms with Gasteiger partial charge in [0, 0.05) is 23.8 Å². The molecule has 0 aliphatic carbocycles. The van der Waals surface area contributed by atoms with E-state index >= 15 is 0 Å². The van der Waals surface area contributed by atoms with Crippen LogP contribution in [0.25, 0.3) is 0 Å². The number of carbonyl (C=O) groups excluding carboxylic acids is 1. The molecular weight excluding hydrogens is 266 g/mol. The third-order valence-corrected chi connectivity index (χ3v) is 4.10. The Morgan fingerprint density at radius 2 is 2.16 bits per heavy atom. The molecule has 0 fully saturated rings. The molecule has 7 heteroatoms. The van der Waals surface area contributed by atoms with Gasteiger partial charge in [-0.05, 0) is 19.8 Å². The van der Waals surface area contributed by atoms with Crippen molar-refractivity contribution in [3.8, 4) is 0 Å². The fourth-order valence-corrected chi connectivity index (χ4v) is 2.36. The molecule has 1 heterocycles. The van der Waals surface area contributed by atoms with E-state index in [2.05, 4.69) is 15.5 Å². The molecule has 2 atom stereocenters. The average molecular weight is 287 g/mol. The molecule has 0 unspecified atom stereocenters. The quantitative estimate of drug-likeness (QED) is 0.776. The number of nitrogens with one attached hydrogen (secondary N) is 1. The molecule has 1 amide bonds. The summed E-state index contributed by atoms with van der Waals surface area (Å²) in [4.78, 5) is 15.8. The summed E-state index contributed by atoms with van der Waals surface area (Å²) in [6.07, 6.45) is 2.52. The van der Waals surface area contributed by atoms with E-state index in [4.69, 9.17) is 4.52 Å². The van der Waals surface area contributed by atoms with Gasteiger partial charge in [0.25, 0.3) is 0 Å². The van der Waals surface area contributed by atoms with Gasteiger partial charge in [-0.15, -0.1) is 0 Å². The van der Waals surface area contributed by atoms with Crippen LogP contribution in [0, 0.1) is 0 Å². The monoisotopic (exact) mass is 287 g/mol. The Morgan fingerprint density at radius 3 is 2.79 bits per heavy atom. The number of nitrogens with zero attached hydrogens (tertiary/aromatic N) is 2. The summed E-state index contributed by atoms with van der Waals surface area (Å²) in [7, 11) is -1.35. The Kier molecular flexibility index (Phi) is 6.69. The first kappa shape index (κ1) is 15.8. The average Bonchev–Trinajstić information content (AvgIpc) is 2.82. The summed E-state index contributed by atoms with van der Waals surface area (Å²) in [5.74, 6) is 0.875. The lowest BCUT2D eigenvalue weighted by molar-refractivity contribution is -0.120. The highest BCUT2D eigenvalue weighted by Crippen LogP contribution is 2.07. The van der Waals surface area contributed by atoms with Gasteiger partial charge in [-0.3, -0.25) is 9.00 Å². The van der Waals surface area contributed by atoms with Crippen LogP contribution in [-0.2, 0) is 27.8 Å². The van der Waals surface area contributed by atoms with Crippen LogP contribution in [0.4, 0.5) is 0 Å². The fourth-order valence-electron chi connectivity index (χ4n) is 1.43. The molecule has 0 saturated carbocycles. The van der Waals surface area contributed by atoms with Gasteiger partial charge in [0.05, 0.1) is 0 Å². The van der Waals surface area contributed by atoms with E-state index < -0.39 is 16.0 Å². The Labute approximate surface area is 115 Å². The summed E-state index contributed by atoms with van der Waals surface area (Å²) in [5.41, 5.74) is 0. The maximum atomic E-state index is 12.0. The largest absolute Gasteiger partial charge is 0.355 e. The Morgan fingerprint density at radius 1 is 1.42 bits per heavy atom. The van der Waals surface area contributed by atoms with E-state index in [0.29, 0.717) is 18.3 Å². The number of rotatable bonds is 8. The number of carbonyl (C=O) groups is 1. The first-order valence-electron chi connectivity index (χ1n) is 6.54. The van der Waals surface area contributed by atoms with Crippen molar-refractivity contribution >= 4 is 16.7 Å². The number of aromatic nitrogens is 2. The zero-order valence-electron chi connectivity index (χ0n) is 11.6. The second-order valence-electron chi connectivity index (χ2n) is 4.31. The third-order valence-electron chi connectivity index (χ3n) is 2.56. The summed E-state index contributed by atoms with van der Waals surface area (Å²) >= 11 is 0. The lowest BCUT2D eigenvalue weighted by Crippen LogP contribution is -2.36. The van der Waals surface area contributed by atoms with Gasteiger partial charge in [0.2, 0.25) is 11.8 Å². The lowest BCUT2D eigenvalue weighted by atomic mass is 10.3. The molecule has 0 aliphatic rings. The fraction of sp³-hybridized carbons (Fsp3) is 0.750. The molecule has 6 nitrogen and oxygen atoms in total. The Balaban J connectivity index is 2.50. The van der Waals surface area contributed by atoms with Crippen LogP contribution in [-0.4, -0.2) is 32.1 Å². The molecule has 0 bridgehead atoms. The Hall–Kier alpha value is -1.24. The van der Waals surface area contributed by atoms with Crippen molar-refractivity contribution in [3.63, 3.8) is 0 Å².